The second-order valence-corrected chi connectivity index (χ2v) is 3.83. The first-order valence-electron chi connectivity index (χ1n) is 5.56. The molecule has 0 heteroatoms. The van der Waals surface area contributed by atoms with Gasteiger partial charge in [-0.1, -0.05) is 68.8 Å². The molecule has 0 amide bonds. The van der Waals surface area contributed by atoms with Crippen LogP contribution in [0.3, 0.4) is 0 Å². The fourth-order valence-corrected chi connectivity index (χ4v) is 1.86. The quantitative estimate of drug-likeness (QED) is 0.487. The highest BCUT2D eigenvalue weighted by molar-refractivity contribution is 6.04. The van der Waals surface area contributed by atoms with Crippen molar-refractivity contribution in [3.63, 3.8) is 0 Å². The van der Waals surface area contributed by atoms with Gasteiger partial charge in [0.2, 0.25) is 0 Å². The molecule has 0 aromatic heterocycles. The highest BCUT2D eigenvalue weighted by Gasteiger charge is 2.06. The van der Waals surface area contributed by atoms with E-state index in [1.165, 1.54) is 28.3 Å². The summed E-state index contributed by atoms with van der Waals surface area (Å²) < 4.78 is 0. The van der Waals surface area contributed by atoms with E-state index in [0.717, 1.165) is 0 Å². The second kappa shape index (κ2) is 4.31. The summed E-state index contributed by atoms with van der Waals surface area (Å²) in [6.45, 7) is 4.25. The van der Waals surface area contributed by atoms with E-state index in [0.29, 0.717) is 0 Å². The van der Waals surface area contributed by atoms with Crippen LogP contribution in [-0.2, 0) is 0 Å². The molecular formula is C15H16. The minimum Gasteiger partial charge on any atom is -0.0656 e. The van der Waals surface area contributed by atoms with Crippen LogP contribution in [0, 0.1) is 0 Å². The van der Waals surface area contributed by atoms with E-state index < -0.39 is 0 Å². The fraction of sp³-hybridized carbons (Fsp3) is 0.200. The first-order chi connectivity index (χ1) is 7.36. The van der Waals surface area contributed by atoms with Crippen molar-refractivity contribution in [3.8, 4) is 0 Å². The number of hydrogen-bond donors (Lipinski definition) is 0. The third-order valence-electron chi connectivity index (χ3n) is 2.41. The Balaban J connectivity index is 0.000000258. The number of rotatable bonds is 0. The predicted molar refractivity (Wildman–Crippen MR) is 68.8 cm³/mol. The molecule has 0 spiro atoms. The van der Waals surface area contributed by atoms with Crippen molar-refractivity contribution in [1.29, 1.82) is 0 Å². The van der Waals surface area contributed by atoms with Crippen LogP contribution in [-0.4, -0.2) is 0 Å². The van der Waals surface area contributed by atoms with Gasteiger partial charge in [0.05, 0.1) is 0 Å². The van der Waals surface area contributed by atoms with E-state index in [2.05, 4.69) is 62.4 Å². The third kappa shape index (κ3) is 1.80. The van der Waals surface area contributed by atoms with E-state index in [1.807, 2.05) is 0 Å². The molecule has 0 unspecified atom stereocenters. The van der Waals surface area contributed by atoms with E-state index >= 15 is 0 Å². The highest BCUT2D eigenvalue weighted by atomic mass is 14.1. The molecule has 0 heterocycles. The summed E-state index contributed by atoms with van der Waals surface area (Å²) in [5.74, 6) is 0. The van der Waals surface area contributed by atoms with Gasteiger partial charge in [-0.3, -0.25) is 0 Å². The lowest BCUT2D eigenvalue weighted by atomic mass is 10.0. The van der Waals surface area contributed by atoms with Gasteiger partial charge in [-0.25, -0.2) is 0 Å². The average Bonchev–Trinajstić information content (AvgIpc) is 2.66. The van der Waals surface area contributed by atoms with Gasteiger partial charge in [-0.05, 0) is 21.9 Å². The molecule has 0 saturated carbocycles. The summed E-state index contributed by atoms with van der Waals surface area (Å²) in [4.78, 5) is 0. The standard InChI is InChI=1S/C12H8.C3H8/c1-3-9-4-2-6-11-8-7-10(5-1)12(9)11;1-3-2/h1-8H;3H2,1-2H3. The van der Waals surface area contributed by atoms with Crippen LogP contribution in [0.15, 0.2) is 36.4 Å². The Hall–Kier alpha value is -1.56. The first-order valence-corrected chi connectivity index (χ1v) is 5.56. The van der Waals surface area contributed by atoms with Crippen molar-refractivity contribution in [2.24, 2.45) is 0 Å². The highest BCUT2D eigenvalue weighted by Crippen LogP contribution is 2.30. The molecule has 2 aromatic rings. The van der Waals surface area contributed by atoms with Crippen molar-refractivity contribution < 1.29 is 0 Å². The van der Waals surface area contributed by atoms with Gasteiger partial charge in [-0.2, -0.15) is 0 Å². The van der Waals surface area contributed by atoms with Gasteiger partial charge in [-0.15, -0.1) is 0 Å². The fourth-order valence-electron chi connectivity index (χ4n) is 1.86. The van der Waals surface area contributed by atoms with Crippen LogP contribution in [0.5, 0.6) is 0 Å². The van der Waals surface area contributed by atoms with Crippen molar-refractivity contribution >= 4 is 22.9 Å². The van der Waals surface area contributed by atoms with Crippen molar-refractivity contribution in [2.45, 2.75) is 20.3 Å². The zero-order chi connectivity index (χ0) is 10.7. The molecule has 1 aliphatic rings. The molecule has 0 fully saturated rings. The van der Waals surface area contributed by atoms with Crippen LogP contribution < -0.4 is 0 Å². The van der Waals surface area contributed by atoms with Crippen LogP contribution in [0.25, 0.3) is 22.9 Å². The SMILES string of the molecule is C1=Cc2cccc3cccc1c23.CCC. The molecule has 15 heavy (non-hydrogen) atoms. The van der Waals surface area contributed by atoms with Gasteiger partial charge in [0.15, 0.2) is 0 Å². The van der Waals surface area contributed by atoms with Gasteiger partial charge in [0.25, 0.3) is 0 Å². The zero-order valence-electron chi connectivity index (χ0n) is 9.33. The van der Waals surface area contributed by atoms with Gasteiger partial charge >= 0.3 is 0 Å². The summed E-state index contributed by atoms with van der Waals surface area (Å²) in [6.07, 6.45) is 5.61. The Kier molecular flexibility index (Phi) is 2.86. The molecule has 0 aliphatic heterocycles. The van der Waals surface area contributed by atoms with Gasteiger partial charge in [0, 0.05) is 0 Å². The molecule has 3 rings (SSSR count). The van der Waals surface area contributed by atoms with E-state index in [1.54, 1.807) is 0 Å². The molecule has 0 nitrogen and oxygen atoms in total. The lowest BCUT2D eigenvalue weighted by Gasteiger charge is -1.99. The normalized spacial score (nSPS) is 11.3. The van der Waals surface area contributed by atoms with Crippen molar-refractivity contribution in [1.82, 2.24) is 0 Å². The lowest BCUT2D eigenvalue weighted by Crippen LogP contribution is -1.76. The molecule has 0 saturated heterocycles. The third-order valence-corrected chi connectivity index (χ3v) is 2.41. The Morgan fingerprint density at radius 2 is 1.27 bits per heavy atom. The largest absolute Gasteiger partial charge is 0.0656 e. The lowest BCUT2D eigenvalue weighted by molar-refractivity contribution is 1.09. The number of benzene rings is 2. The summed E-state index contributed by atoms with van der Waals surface area (Å²) >= 11 is 0. The van der Waals surface area contributed by atoms with E-state index in [-0.39, 0.29) is 0 Å². The minimum atomic E-state index is 1.25. The molecule has 0 N–H and O–H groups in total. The summed E-state index contributed by atoms with van der Waals surface area (Å²) in [5.41, 5.74) is 2.70. The molecule has 0 bridgehead atoms. The van der Waals surface area contributed by atoms with E-state index in [9.17, 15) is 0 Å². The number of hydrogen-bond acceptors (Lipinski definition) is 0. The second-order valence-electron chi connectivity index (χ2n) is 3.83. The molecule has 2 aromatic carbocycles. The van der Waals surface area contributed by atoms with Crippen LogP contribution >= 0.6 is 0 Å². The monoisotopic (exact) mass is 196 g/mol. The maximum atomic E-state index is 2.18. The molecule has 1 aliphatic carbocycles. The Morgan fingerprint density at radius 3 is 1.73 bits per heavy atom. The van der Waals surface area contributed by atoms with Crippen LogP contribution in [0.2, 0.25) is 0 Å². The maximum absolute atomic E-state index is 2.18. The molecule has 76 valence electrons. The zero-order valence-corrected chi connectivity index (χ0v) is 9.33. The first kappa shape index (κ1) is 9.97. The summed E-state index contributed by atoms with van der Waals surface area (Å²) in [7, 11) is 0. The molecule has 0 radical (unpaired) electrons. The topological polar surface area (TPSA) is 0 Å². The van der Waals surface area contributed by atoms with Gasteiger partial charge in [0.1, 0.15) is 0 Å². The Labute approximate surface area is 91.2 Å². The minimum absolute atomic E-state index is 1.25. The molecule has 0 atom stereocenters. The Bertz CT molecular complexity index is 452. The van der Waals surface area contributed by atoms with Crippen LogP contribution in [0.4, 0.5) is 0 Å². The smallest absolute Gasteiger partial charge is 0.00389 e. The maximum Gasteiger partial charge on any atom is -0.00389 e. The average molecular weight is 196 g/mol. The van der Waals surface area contributed by atoms with E-state index in [4.69, 9.17) is 0 Å². The van der Waals surface area contributed by atoms with Crippen molar-refractivity contribution in [3.05, 3.63) is 47.5 Å². The Morgan fingerprint density at radius 1 is 0.800 bits per heavy atom. The summed E-state index contributed by atoms with van der Waals surface area (Å²) in [5, 5.41) is 2.75. The van der Waals surface area contributed by atoms with Crippen LogP contribution in [0.1, 0.15) is 31.4 Å². The predicted octanol–water partition coefficient (Wildman–Crippen LogP) is 4.74. The van der Waals surface area contributed by atoms with Gasteiger partial charge < -0.3 is 0 Å². The van der Waals surface area contributed by atoms with Crippen molar-refractivity contribution in [2.75, 3.05) is 0 Å². The summed E-state index contributed by atoms with van der Waals surface area (Å²) in [6, 6.07) is 12.9. The molecular weight excluding hydrogens is 180 g/mol.